The number of hydrogen-bond acceptors (Lipinski definition) is 6. The van der Waals surface area contributed by atoms with Gasteiger partial charge in [0.15, 0.2) is 5.82 Å². The zero-order chi connectivity index (χ0) is 14.5. The van der Waals surface area contributed by atoms with Crippen LogP contribution in [0.5, 0.6) is 0 Å². The number of nitrogens with two attached hydrogens (primary N) is 1. The standard InChI is InChI=1S/C13H17N5O2/c1-8(2)13-17-10(18-20-13)5-7-16-12-9(11(14)19)4-3-6-15-12/h3-4,6,8H,5,7H2,1-2H3,(H2,14,19)(H,15,16). The Morgan fingerprint density at radius 3 is 2.95 bits per heavy atom. The van der Waals surface area contributed by atoms with E-state index in [9.17, 15) is 4.79 Å². The minimum absolute atomic E-state index is 0.210. The van der Waals surface area contributed by atoms with Crippen molar-refractivity contribution < 1.29 is 9.32 Å². The maximum absolute atomic E-state index is 11.2. The second kappa shape index (κ2) is 6.14. The van der Waals surface area contributed by atoms with Gasteiger partial charge in [-0.25, -0.2) is 4.98 Å². The molecule has 2 aromatic rings. The summed E-state index contributed by atoms with van der Waals surface area (Å²) in [6.07, 6.45) is 2.17. The van der Waals surface area contributed by atoms with Gasteiger partial charge < -0.3 is 15.6 Å². The van der Waals surface area contributed by atoms with Crippen LogP contribution < -0.4 is 11.1 Å². The van der Waals surface area contributed by atoms with Crippen molar-refractivity contribution in [3.8, 4) is 0 Å². The molecule has 0 aromatic carbocycles. The summed E-state index contributed by atoms with van der Waals surface area (Å²) < 4.78 is 5.11. The van der Waals surface area contributed by atoms with Gasteiger partial charge in [-0.2, -0.15) is 4.98 Å². The Morgan fingerprint density at radius 2 is 2.30 bits per heavy atom. The predicted molar refractivity (Wildman–Crippen MR) is 73.3 cm³/mol. The minimum atomic E-state index is -0.512. The first-order chi connectivity index (χ1) is 9.58. The largest absolute Gasteiger partial charge is 0.369 e. The van der Waals surface area contributed by atoms with Crippen LogP contribution in [-0.2, 0) is 6.42 Å². The summed E-state index contributed by atoms with van der Waals surface area (Å²) in [4.78, 5) is 19.6. The Labute approximate surface area is 116 Å². The molecule has 2 heterocycles. The first kappa shape index (κ1) is 14.0. The number of pyridine rings is 1. The Balaban J connectivity index is 1.94. The van der Waals surface area contributed by atoms with Crippen molar-refractivity contribution >= 4 is 11.7 Å². The molecule has 0 bridgehead atoms. The number of carbonyl (C=O) groups excluding carboxylic acids is 1. The minimum Gasteiger partial charge on any atom is -0.369 e. The molecule has 7 heteroatoms. The Kier molecular flexibility index (Phi) is 4.29. The fourth-order valence-electron chi connectivity index (χ4n) is 1.64. The van der Waals surface area contributed by atoms with Gasteiger partial charge in [0.2, 0.25) is 5.89 Å². The second-order valence-corrected chi connectivity index (χ2v) is 4.64. The van der Waals surface area contributed by atoms with E-state index in [1.165, 1.54) is 0 Å². The molecule has 7 nitrogen and oxygen atoms in total. The molecule has 0 radical (unpaired) electrons. The summed E-state index contributed by atoms with van der Waals surface area (Å²) >= 11 is 0. The summed E-state index contributed by atoms with van der Waals surface area (Å²) in [6, 6.07) is 3.29. The van der Waals surface area contributed by atoms with Gasteiger partial charge in [-0.05, 0) is 12.1 Å². The number of aromatic nitrogens is 3. The summed E-state index contributed by atoms with van der Waals surface area (Å²) in [5.74, 6) is 1.41. The molecule has 3 N–H and O–H groups in total. The quantitative estimate of drug-likeness (QED) is 0.823. The number of amides is 1. The van der Waals surface area contributed by atoms with E-state index in [0.29, 0.717) is 36.1 Å². The van der Waals surface area contributed by atoms with Gasteiger partial charge in [0.25, 0.3) is 5.91 Å². The van der Waals surface area contributed by atoms with Gasteiger partial charge in [-0.15, -0.1) is 0 Å². The van der Waals surface area contributed by atoms with Crippen molar-refractivity contribution in [2.24, 2.45) is 5.73 Å². The molecular formula is C13H17N5O2. The highest BCUT2D eigenvalue weighted by Gasteiger charge is 2.11. The van der Waals surface area contributed by atoms with E-state index in [-0.39, 0.29) is 5.92 Å². The lowest BCUT2D eigenvalue weighted by Crippen LogP contribution is -2.16. The van der Waals surface area contributed by atoms with Gasteiger partial charge in [-0.1, -0.05) is 19.0 Å². The second-order valence-electron chi connectivity index (χ2n) is 4.64. The molecular weight excluding hydrogens is 258 g/mol. The normalized spacial score (nSPS) is 10.8. The molecule has 0 saturated heterocycles. The Bertz CT molecular complexity index is 594. The van der Waals surface area contributed by atoms with Crippen molar-refractivity contribution in [1.29, 1.82) is 0 Å². The van der Waals surface area contributed by atoms with Crippen molar-refractivity contribution in [2.75, 3.05) is 11.9 Å². The lowest BCUT2D eigenvalue weighted by Gasteiger charge is -2.06. The number of rotatable bonds is 6. The highest BCUT2D eigenvalue weighted by Crippen LogP contribution is 2.12. The third kappa shape index (κ3) is 3.31. The highest BCUT2D eigenvalue weighted by molar-refractivity contribution is 5.97. The first-order valence-electron chi connectivity index (χ1n) is 6.39. The SMILES string of the molecule is CC(C)c1nc(CCNc2ncccc2C(N)=O)no1. The molecule has 1 amide bonds. The molecule has 0 fully saturated rings. The van der Waals surface area contributed by atoms with Gasteiger partial charge in [0.05, 0.1) is 5.56 Å². The fraction of sp³-hybridized carbons (Fsp3) is 0.385. The molecule has 0 atom stereocenters. The lowest BCUT2D eigenvalue weighted by molar-refractivity contribution is 0.100. The fourth-order valence-corrected chi connectivity index (χ4v) is 1.64. The van der Waals surface area contributed by atoms with Crippen LogP contribution in [0.15, 0.2) is 22.9 Å². The van der Waals surface area contributed by atoms with Crippen molar-refractivity contribution in [2.45, 2.75) is 26.2 Å². The van der Waals surface area contributed by atoms with Gasteiger partial charge in [0, 0.05) is 25.1 Å². The van der Waals surface area contributed by atoms with Crippen LogP contribution in [0.3, 0.4) is 0 Å². The van der Waals surface area contributed by atoms with Crippen LogP contribution in [0, 0.1) is 0 Å². The van der Waals surface area contributed by atoms with Crippen molar-refractivity contribution in [3.05, 3.63) is 35.6 Å². The molecule has 0 unspecified atom stereocenters. The Hall–Kier alpha value is -2.44. The predicted octanol–water partition coefficient (Wildman–Crippen LogP) is 1.34. The average molecular weight is 275 g/mol. The van der Waals surface area contributed by atoms with Crippen LogP contribution in [0.25, 0.3) is 0 Å². The summed E-state index contributed by atoms with van der Waals surface area (Å²) in [7, 11) is 0. The zero-order valence-electron chi connectivity index (χ0n) is 11.5. The lowest BCUT2D eigenvalue weighted by atomic mass is 10.2. The third-order valence-electron chi connectivity index (χ3n) is 2.69. The number of nitrogens with zero attached hydrogens (tertiary/aromatic N) is 3. The molecule has 106 valence electrons. The van der Waals surface area contributed by atoms with E-state index in [1.54, 1.807) is 18.3 Å². The van der Waals surface area contributed by atoms with Crippen molar-refractivity contribution in [1.82, 2.24) is 15.1 Å². The molecule has 0 saturated carbocycles. The van der Waals surface area contributed by atoms with Crippen LogP contribution in [0.1, 0.15) is 41.8 Å². The van der Waals surface area contributed by atoms with Crippen LogP contribution in [0.2, 0.25) is 0 Å². The first-order valence-corrected chi connectivity index (χ1v) is 6.39. The molecule has 0 spiro atoms. The summed E-state index contributed by atoms with van der Waals surface area (Å²) in [5.41, 5.74) is 5.64. The Morgan fingerprint density at radius 1 is 1.50 bits per heavy atom. The van der Waals surface area contributed by atoms with E-state index in [1.807, 2.05) is 13.8 Å². The van der Waals surface area contributed by atoms with Crippen LogP contribution in [-0.4, -0.2) is 27.6 Å². The van der Waals surface area contributed by atoms with E-state index >= 15 is 0 Å². The number of carbonyl (C=O) groups is 1. The summed E-state index contributed by atoms with van der Waals surface area (Å²) in [5, 5.41) is 6.94. The van der Waals surface area contributed by atoms with Gasteiger partial charge in [-0.3, -0.25) is 4.79 Å². The van der Waals surface area contributed by atoms with E-state index < -0.39 is 5.91 Å². The van der Waals surface area contributed by atoms with Crippen LogP contribution in [0.4, 0.5) is 5.82 Å². The highest BCUT2D eigenvalue weighted by atomic mass is 16.5. The number of primary amides is 1. The molecule has 0 aliphatic rings. The maximum atomic E-state index is 11.2. The molecule has 2 aromatic heterocycles. The van der Waals surface area contributed by atoms with Crippen molar-refractivity contribution in [3.63, 3.8) is 0 Å². The van der Waals surface area contributed by atoms with E-state index in [4.69, 9.17) is 10.3 Å². The van der Waals surface area contributed by atoms with Crippen LogP contribution >= 0.6 is 0 Å². The van der Waals surface area contributed by atoms with Gasteiger partial charge in [0.1, 0.15) is 5.82 Å². The molecule has 2 rings (SSSR count). The topological polar surface area (TPSA) is 107 Å². The zero-order valence-corrected chi connectivity index (χ0v) is 11.5. The van der Waals surface area contributed by atoms with E-state index in [2.05, 4.69) is 20.4 Å². The third-order valence-corrected chi connectivity index (χ3v) is 2.69. The molecule has 0 aliphatic carbocycles. The van der Waals surface area contributed by atoms with E-state index in [0.717, 1.165) is 0 Å². The summed E-state index contributed by atoms with van der Waals surface area (Å²) in [6.45, 7) is 4.51. The smallest absolute Gasteiger partial charge is 0.252 e. The number of hydrogen-bond donors (Lipinski definition) is 2. The maximum Gasteiger partial charge on any atom is 0.252 e. The monoisotopic (exact) mass is 275 g/mol. The number of anilines is 1. The number of nitrogens with one attached hydrogen (secondary N) is 1. The molecule has 0 aliphatic heterocycles. The molecule has 20 heavy (non-hydrogen) atoms. The average Bonchev–Trinajstić information content (AvgIpc) is 2.88. The van der Waals surface area contributed by atoms with Gasteiger partial charge >= 0.3 is 0 Å².